The van der Waals surface area contributed by atoms with Gasteiger partial charge in [-0.05, 0) is 10.6 Å². The molecule has 0 radical (unpaired) electrons. The van der Waals surface area contributed by atoms with Crippen LogP contribution < -0.4 is 10.6 Å². The van der Waals surface area contributed by atoms with Gasteiger partial charge in [-0.15, -0.1) is 0 Å². The third-order valence-electron chi connectivity index (χ3n) is 2.19. The van der Waals surface area contributed by atoms with Gasteiger partial charge in [-0.3, -0.25) is 0 Å². The van der Waals surface area contributed by atoms with E-state index in [4.69, 9.17) is 4.65 Å². The third kappa shape index (κ3) is 9.19. The molecule has 3 heteroatoms. The van der Waals surface area contributed by atoms with Crippen molar-refractivity contribution >= 4 is 19.2 Å². The van der Waals surface area contributed by atoms with Crippen molar-refractivity contribution in [2.75, 3.05) is 0 Å². The summed E-state index contributed by atoms with van der Waals surface area (Å²) < 4.78 is 7.50. The summed E-state index contributed by atoms with van der Waals surface area (Å²) in [5.74, 6) is 0. The van der Waals surface area contributed by atoms with Gasteiger partial charge in [0.05, 0.1) is 0 Å². The van der Waals surface area contributed by atoms with Crippen LogP contribution in [0.4, 0.5) is 0 Å². The van der Waals surface area contributed by atoms with Crippen LogP contribution in [0.2, 0.25) is 0 Å². The molecule has 3 aromatic carbocycles. The van der Waals surface area contributed by atoms with E-state index >= 15 is 0 Å². The van der Waals surface area contributed by atoms with Gasteiger partial charge in [0.15, 0.2) is 0 Å². The molecule has 0 amide bonds. The Morgan fingerprint density at radius 1 is 0.762 bits per heavy atom. The van der Waals surface area contributed by atoms with Crippen LogP contribution in [-0.2, 0) is 24.1 Å². The summed E-state index contributed by atoms with van der Waals surface area (Å²) in [5.41, 5.74) is 0. The maximum absolute atomic E-state index is 7.50. The van der Waals surface area contributed by atoms with Crippen LogP contribution in [0.5, 0.6) is 0 Å². The summed E-state index contributed by atoms with van der Waals surface area (Å²) >= 11 is 0. The number of hydrogen-bond donors (Lipinski definition) is 0. The Labute approximate surface area is 141 Å². The SMILES string of the molecule is [C-]#[O+].[Ru+2].[c-]1[c-][c-][cH-][c-]1.c1ccc(Pc2ccccc2)cc1. The van der Waals surface area contributed by atoms with Crippen LogP contribution in [-0.4, -0.2) is 0 Å². The van der Waals surface area contributed by atoms with Crippen LogP contribution >= 0.6 is 8.58 Å². The summed E-state index contributed by atoms with van der Waals surface area (Å²) in [6, 6.07) is 33.2. The molecule has 0 aliphatic rings. The Balaban J connectivity index is 0.000000423. The molecule has 0 heterocycles. The zero-order valence-corrected chi connectivity index (χ0v) is 13.9. The molecule has 0 spiro atoms. The first-order valence-corrected chi connectivity index (χ1v) is 6.85. The minimum absolute atomic E-state index is 0. The van der Waals surface area contributed by atoms with E-state index < -0.39 is 0 Å². The maximum Gasteiger partial charge on any atom is 2.00 e. The van der Waals surface area contributed by atoms with Crippen LogP contribution in [0, 0.1) is 30.9 Å². The minimum Gasteiger partial charge on any atom is -0.999 e. The Kier molecular flexibility index (Phi) is 12.6. The Hall–Kier alpha value is -1.42. The van der Waals surface area contributed by atoms with Gasteiger partial charge in [-0.2, -0.15) is 0 Å². The van der Waals surface area contributed by atoms with Crippen molar-refractivity contribution in [2.45, 2.75) is 0 Å². The molecule has 0 N–H and O–H groups in total. The first-order valence-electron chi connectivity index (χ1n) is 5.85. The number of hydrogen-bond acceptors (Lipinski definition) is 0. The second-order valence-corrected chi connectivity index (χ2v) is 4.94. The molecule has 0 bridgehead atoms. The molecule has 0 atom stereocenters. The van der Waals surface area contributed by atoms with Crippen molar-refractivity contribution in [3.8, 4) is 0 Å². The van der Waals surface area contributed by atoms with Gasteiger partial charge >= 0.3 is 30.8 Å². The zero-order chi connectivity index (χ0) is 14.5. The molecule has 3 aromatic rings. The normalized spacial score (nSPS) is 8.10. The topological polar surface area (TPSA) is 19.9 Å². The molecule has 0 saturated carbocycles. The fourth-order valence-electron chi connectivity index (χ4n) is 1.39. The standard InChI is InChI=1S/C12H11P.C5H.CO.Ru/c1-3-7-11(8-4-1)13-12-9-5-2-6-10-12;1-2-4-5-3-1;1-2;/h1-10,13H;1H;;/q;-5;;+2. The molecule has 0 saturated heterocycles. The van der Waals surface area contributed by atoms with Crippen molar-refractivity contribution in [1.29, 1.82) is 0 Å². The average Bonchev–Trinajstić information content (AvgIpc) is 3.11. The van der Waals surface area contributed by atoms with E-state index in [2.05, 4.69) is 91.6 Å². The summed E-state index contributed by atoms with van der Waals surface area (Å²) in [5, 5.41) is 2.79. The molecular weight excluding hydrogens is 364 g/mol. The molecule has 21 heavy (non-hydrogen) atoms. The average molecular weight is 376 g/mol. The summed E-state index contributed by atoms with van der Waals surface area (Å²) in [6.45, 7) is 4.50. The summed E-state index contributed by atoms with van der Waals surface area (Å²) in [6.07, 6.45) is 0. The van der Waals surface area contributed by atoms with E-state index in [1.165, 1.54) is 10.6 Å². The van der Waals surface area contributed by atoms with E-state index in [1.54, 1.807) is 6.07 Å². The monoisotopic (exact) mass is 377 g/mol. The maximum atomic E-state index is 7.50. The molecule has 1 nitrogen and oxygen atoms in total. The summed E-state index contributed by atoms with van der Waals surface area (Å²) in [7, 11) is 0.777. The van der Waals surface area contributed by atoms with Gasteiger partial charge in [0.1, 0.15) is 0 Å². The van der Waals surface area contributed by atoms with Crippen molar-refractivity contribution in [2.24, 2.45) is 0 Å². The van der Waals surface area contributed by atoms with Crippen molar-refractivity contribution < 1.29 is 24.1 Å². The second kappa shape index (κ2) is 13.6. The molecule has 0 aromatic heterocycles. The minimum atomic E-state index is 0. The number of rotatable bonds is 2. The quantitative estimate of drug-likeness (QED) is 0.284. The third-order valence-corrected chi connectivity index (χ3v) is 3.43. The largest absolute Gasteiger partial charge is 2.00 e. The van der Waals surface area contributed by atoms with Gasteiger partial charge in [0.25, 0.3) is 0 Å². The van der Waals surface area contributed by atoms with E-state index in [9.17, 15) is 0 Å². The molecule has 106 valence electrons. The number of benzene rings is 2. The van der Waals surface area contributed by atoms with Crippen molar-refractivity contribution in [3.63, 3.8) is 0 Å². The van der Waals surface area contributed by atoms with Gasteiger partial charge in [-0.1, -0.05) is 69.2 Å². The van der Waals surface area contributed by atoms with E-state index in [0.717, 1.165) is 8.58 Å². The van der Waals surface area contributed by atoms with Crippen LogP contribution in [0.3, 0.4) is 0 Å². The molecular formula is C18H12OPRu-3. The first kappa shape index (κ1) is 19.6. The molecule has 3 rings (SSSR count). The van der Waals surface area contributed by atoms with Gasteiger partial charge in [0, 0.05) is 0 Å². The van der Waals surface area contributed by atoms with Crippen LogP contribution in [0.1, 0.15) is 0 Å². The van der Waals surface area contributed by atoms with E-state index in [0.29, 0.717) is 0 Å². The van der Waals surface area contributed by atoms with Crippen LogP contribution in [0.25, 0.3) is 0 Å². The van der Waals surface area contributed by atoms with Gasteiger partial charge < -0.3 is 30.3 Å². The summed E-state index contributed by atoms with van der Waals surface area (Å²) in [4.78, 5) is 0. The van der Waals surface area contributed by atoms with Crippen LogP contribution in [0.15, 0.2) is 66.7 Å². The Bertz CT molecular complexity index is 507. The Morgan fingerprint density at radius 2 is 1.14 bits per heavy atom. The van der Waals surface area contributed by atoms with E-state index in [-0.39, 0.29) is 19.5 Å². The predicted octanol–water partition coefficient (Wildman–Crippen LogP) is 2.88. The smallest absolute Gasteiger partial charge is 0.999 e. The predicted molar refractivity (Wildman–Crippen MR) is 81.8 cm³/mol. The molecule has 0 aliphatic carbocycles. The fourth-order valence-corrected chi connectivity index (χ4v) is 2.44. The Morgan fingerprint density at radius 3 is 1.43 bits per heavy atom. The first-order chi connectivity index (χ1) is 9.95. The molecule has 0 fully saturated rings. The van der Waals surface area contributed by atoms with Gasteiger partial charge in [0.2, 0.25) is 0 Å². The second-order valence-electron chi connectivity index (χ2n) is 3.54. The van der Waals surface area contributed by atoms with Crippen molar-refractivity contribution in [1.82, 2.24) is 0 Å². The van der Waals surface area contributed by atoms with E-state index in [1.807, 2.05) is 0 Å². The molecule has 0 unspecified atom stereocenters. The molecule has 0 aliphatic heterocycles. The van der Waals surface area contributed by atoms with Gasteiger partial charge in [-0.25, -0.2) is 0 Å². The fraction of sp³-hybridized carbons (Fsp3) is 0. The van der Waals surface area contributed by atoms with Crippen molar-refractivity contribution in [3.05, 3.63) is 97.6 Å². The zero-order valence-electron chi connectivity index (χ0n) is 11.1.